The Labute approximate surface area is 177 Å². The third-order valence-corrected chi connectivity index (χ3v) is 5.95. The maximum absolute atomic E-state index is 13.0. The van der Waals surface area contributed by atoms with Gasteiger partial charge in [-0.2, -0.15) is 0 Å². The number of anilines is 1. The number of amides is 2. The van der Waals surface area contributed by atoms with Crippen molar-refractivity contribution in [1.82, 2.24) is 4.90 Å². The lowest BCUT2D eigenvalue weighted by atomic mass is 10.1. The van der Waals surface area contributed by atoms with Gasteiger partial charge in [0.1, 0.15) is 5.75 Å². The molecule has 0 heterocycles. The summed E-state index contributed by atoms with van der Waals surface area (Å²) in [6, 6.07) is 15.3. The standard InChI is InChI=1S/C23H30N2O3S/c1-6-25(17(3)19-8-7-9-21(14-19)28-5)23(27)18(4)29-15-22(26)24-20-12-10-16(2)11-13-20/h7-14,17-18H,6,15H2,1-5H3,(H,24,26). The van der Waals surface area contributed by atoms with Crippen molar-refractivity contribution in [2.24, 2.45) is 0 Å². The van der Waals surface area contributed by atoms with Crippen LogP contribution in [0.25, 0.3) is 0 Å². The monoisotopic (exact) mass is 414 g/mol. The molecular formula is C23H30N2O3S. The van der Waals surface area contributed by atoms with E-state index in [-0.39, 0.29) is 28.9 Å². The first-order chi connectivity index (χ1) is 13.8. The molecule has 2 unspecified atom stereocenters. The topological polar surface area (TPSA) is 58.6 Å². The van der Waals surface area contributed by atoms with Crippen molar-refractivity contribution < 1.29 is 14.3 Å². The summed E-state index contributed by atoms with van der Waals surface area (Å²) >= 11 is 1.35. The minimum absolute atomic E-state index is 0.0240. The highest BCUT2D eigenvalue weighted by atomic mass is 32.2. The summed E-state index contributed by atoms with van der Waals surface area (Å²) in [7, 11) is 1.63. The molecule has 0 saturated carbocycles. The van der Waals surface area contributed by atoms with E-state index in [4.69, 9.17) is 4.74 Å². The zero-order valence-corrected chi connectivity index (χ0v) is 18.6. The lowest BCUT2D eigenvalue weighted by Gasteiger charge is -2.30. The van der Waals surface area contributed by atoms with E-state index in [1.807, 2.05) is 81.1 Å². The number of ether oxygens (including phenoxy) is 1. The number of hydrogen-bond donors (Lipinski definition) is 1. The smallest absolute Gasteiger partial charge is 0.235 e. The van der Waals surface area contributed by atoms with E-state index in [0.717, 1.165) is 22.6 Å². The van der Waals surface area contributed by atoms with Gasteiger partial charge < -0.3 is 15.0 Å². The van der Waals surface area contributed by atoms with E-state index in [1.165, 1.54) is 11.8 Å². The van der Waals surface area contributed by atoms with Crippen molar-refractivity contribution in [1.29, 1.82) is 0 Å². The van der Waals surface area contributed by atoms with Gasteiger partial charge in [-0.15, -0.1) is 11.8 Å². The molecule has 5 nitrogen and oxygen atoms in total. The molecule has 29 heavy (non-hydrogen) atoms. The van der Waals surface area contributed by atoms with Crippen LogP contribution in [0.15, 0.2) is 48.5 Å². The van der Waals surface area contributed by atoms with Gasteiger partial charge in [-0.05, 0) is 57.5 Å². The summed E-state index contributed by atoms with van der Waals surface area (Å²) in [5.74, 6) is 0.915. The van der Waals surface area contributed by atoms with Crippen molar-refractivity contribution in [3.63, 3.8) is 0 Å². The van der Waals surface area contributed by atoms with Gasteiger partial charge in [-0.3, -0.25) is 9.59 Å². The van der Waals surface area contributed by atoms with Gasteiger partial charge in [0.25, 0.3) is 0 Å². The highest BCUT2D eigenvalue weighted by molar-refractivity contribution is 8.01. The number of thioether (sulfide) groups is 1. The molecule has 2 rings (SSSR count). The first-order valence-electron chi connectivity index (χ1n) is 9.78. The number of aryl methyl sites for hydroxylation is 1. The molecular weight excluding hydrogens is 384 g/mol. The normalized spacial score (nSPS) is 12.7. The van der Waals surface area contributed by atoms with Crippen LogP contribution in [-0.2, 0) is 9.59 Å². The number of carbonyl (C=O) groups is 2. The van der Waals surface area contributed by atoms with Crippen LogP contribution < -0.4 is 10.1 Å². The molecule has 2 aromatic rings. The zero-order chi connectivity index (χ0) is 21.4. The SMILES string of the molecule is CCN(C(=O)C(C)SCC(=O)Nc1ccc(C)cc1)C(C)c1cccc(OC)c1. The van der Waals surface area contributed by atoms with Gasteiger partial charge in [-0.1, -0.05) is 29.8 Å². The predicted octanol–water partition coefficient (Wildman–Crippen LogP) is 4.67. The minimum Gasteiger partial charge on any atom is -0.497 e. The molecule has 0 spiro atoms. The Bertz CT molecular complexity index is 823. The Balaban J connectivity index is 1.93. The van der Waals surface area contributed by atoms with Crippen molar-refractivity contribution in [2.45, 2.75) is 39.0 Å². The van der Waals surface area contributed by atoms with Crippen LogP contribution >= 0.6 is 11.8 Å². The van der Waals surface area contributed by atoms with Crippen molar-refractivity contribution >= 4 is 29.3 Å². The summed E-state index contributed by atoms with van der Waals surface area (Å²) in [5, 5.41) is 2.56. The third kappa shape index (κ3) is 6.53. The Morgan fingerprint density at radius 3 is 2.45 bits per heavy atom. The van der Waals surface area contributed by atoms with E-state index in [1.54, 1.807) is 7.11 Å². The highest BCUT2D eigenvalue weighted by Gasteiger charge is 2.25. The number of nitrogens with zero attached hydrogens (tertiary/aromatic N) is 1. The Morgan fingerprint density at radius 1 is 1.14 bits per heavy atom. The van der Waals surface area contributed by atoms with Gasteiger partial charge in [0, 0.05) is 12.2 Å². The largest absolute Gasteiger partial charge is 0.497 e. The lowest BCUT2D eigenvalue weighted by Crippen LogP contribution is -2.38. The molecule has 2 atom stereocenters. The molecule has 0 aliphatic heterocycles. The van der Waals surface area contributed by atoms with Gasteiger partial charge in [0.15, 0.2) is 0 Å². The fourth-order valence-corrected chi connectivity index (χ4v) is 3.79. The summed E-state index contributed by atoms with van der Waals surface area (Å²) in [6.07, 6.45) is 0. The molecule has 6 heteroatoms. The molecule has 0 aliphatic carbocycles. The van der Waals surface area contributed by atoms with E-state index in [9.17, 15) is 9.59 Å². The van der Waals surface area contributed by atoms with E-state index in [2.05, 4.69) is 5.32 Å². The zero-order valence-electron chi connectivity index (χ0n) is 17.8. The number of benzene rings is 2. The number of carbonyl (C=O) groups excluding carboxylic acids is 2. The first-order valence-corrected chi connectivity index (χ1v) is 10.8. The summed E-state index contributed by atoms with van der Waals surface area (Å²) < 4.78 is 5.29. The van der Waals surface area contributed by atoms with Crippen LogP contribution in [0.5, 0.6) is 5.75 Å². The number of nitrogens with one attached hydrogen (secondary N) is 1. The van der Waals surface area contributed by atoms with Gasteiger partial charge in [0.05, 0.1) is 24.2 Å². The maximum atomic E-state index is 13.0. The fraction of sp³-hybridized carbons (Fsp3) is 0.391. The second-order valence-electron chi connectivity index (χ2n) is 6.94. The van der Waals surface area contributed by atoms with E-state index < -0.39 is 0 Å². The van der Waals surface area contributed by atoms with Crippen LogP contribution in [0.2, 0.25) is 0 Å². The average molecular weight is 415 g/mol. The predicted molar refractivity (Wildman–Crippen MR) is 121 cm³/mol. The molecule has 0 saturated heterocycles. The minimum atomic E-state index is -0.313. The Hall–Kier alpha value is -2.47. The molecule has 0 fully saturated rings. The van der Waals surface area contributed by atoms with Crippen LogP contribution in [-0.4, -0.2) is 41.4 Å². The second-order valence-corrected chi connectivity index (χ2v) is 8.27. The molecule has 0 aromatic heterocycles. The Morgan fingerprint density at radius 2 is 1.83 bits per heavy atom. The number of hydrogen-bond acceptors (Lipinski definition) is 4. The lowest BCUT2D eigenvalue weighted by molar-refractivity contribution is -0.132. The van der Waals surface area contributed by atoms with E-state index in [0.29, 0.717) is 6.54 Å². The summed E-state index contributed by atoms with van der Waals surface area (Å²) in [4.78, 5) is 27.1. The second kappa shape index (κ2) is 10.9. The molecule has 0 bridgehead atoms. The molecule has 2 amide bonds. The fourth-order valence-electron chi connectivity index (χ4n) is 3.04. The molecule has 0 aliphatic rings. The Kier molecular flexibility index (Phi) is 8.58. The molecule has 1 N–H and O–H groups in total. The van der Waals surface area contributed by atoms with Crippen LogP contribution in [0.4, 0.5) is 5.69 Å². The maximum Gasteiger partial charge on any atom is 0.235 e. The van der Waals surface area contributed by atoms with Crippen molar-refractivity contribution in [2.75, 3.05) is 24.7 Å². The average Bonchev–Trinajstić information content (AvgIpc) is 2.74. The molecule has 156 valence electrons. The van der Waals surface area contributed by atoms with Crippen LogP contribution in [0.1, 0.15) is 37.9 Å². The van der Waals surface area contributed by atoms with Crippen LogP contribution in [0, 0.1) is 6.92 Å². The summed E-state index contributed by atoms with van der Waals surface area (Å²) in [6.45, 7) is 8.43. The number of methoxy groups -OCH3 is 1. The number of rotatable bonds is 9. The van der Waals surface area contributed by atoms with Gasteiger partial charge in [0.2, 0.25) is 11.8 Å². The van der Waals surface area contributed by atoms with Crippen molar-refractivity contribution in [3.8, 4) is 5.75 Å². The quantitative estimate of drug-likeness (QED) is 0.648. The highest BCUT2D eigenvalue weighted by Crippen LogP contribution is 2.26. The van der Waals surface area contributed by atoms with Gasteiger partial charge >= 0.3 is 0 Å². The van der Waals surface area contributed by atoms with Crippen LogP contribution in [0.3, 0.4) is 0 Å². The van der Waals surface area contributed by atoms with Gasteiger partial charge in [-0.25, -0.2) is 0 Å². The van der Waals surface area contributed by atoms with Crippen molar-refractivity contribution in [3.05, 3.63) is 59.7 Å². The third-order valence-electron chi connectivity index (χ3n) is 4.81. The molecule has 0 radical (unpaired) electrons. The molecule has 2 aromatic carbocycles. The summed E-state index contributed by atoms with van der Waals surface area (Å²) in [5.41, 5.74) is 2.93. The first kappa shape index (κ1) is 22.8. The van der Waals surface area contributed by atoms with E-state index >= 15 is 0 Å².